The van der Waals surface area contributed by atoms with Gasteiger partial charge in [-0.3, -0.25) is 4.79 Å². The van der Waals surface area contributed by atoms with E-state index in [9.17, 15) is 4.79 Å². The van der Waals surface area contributed by atoms with Gasteiger partial charge in [-0.05, 0) is 25.2 Å². The van der Waals surface area contributed by atoms with Gasteiger partial charge in [0.1, 0.15) is 5.78 Å². The van der Waals surface area contributed by atoms with E-state index >= 15 is 0 Å². The zero-order valence-electron chi connectivity index (χ0n) is 7.69. The molecule has 0 saturated heterocycles. The lowest BCUT2D eigenvalue weighted by molar-refractivity contribution is -0.134. The number of fused-ring (bicyclic) bond motifs is 2. The molecule has 2 bridgehead atoms. The Bertz CT molecular complexity index is 234. The lowest BCUT2D eigenvalue weighted by atomic mass is 9.72. The number of hydrogen-bond acceptors (Lipinski definition) is 1. The summed E-state index contributed by atoms with van der Waals surface area (Å²) >= 11 is 3.49. The van der Waals surface area contributed by atoms with Gasteiger partial charge in [0, 0.05) is 16.2 Å². The molecule has 0 amide bonds. The third-order valence-corrected chi connectivity index (χ3v) is 5.03. The third-order valence-electron chi connectivity index (χ3n) is 3.95. The Kier molecular flexibility index (Phi) is 1.70. The predicted octanol–water partition coefficient (Wildman–Crippen LogP) is 2.78. The van der Waals surface area contributed by atoms with E-state index in [4.69, 9.17) is 0 Å². The number of alkyl halides is 1. The molecule has 0 aromatic heterocycles. The van der Waals surface area contributed by atoms with Gasteiger partial charge in [-0.2, -0.15) is 0 Å². The molecule has 2 aliphatic rings. The molecule has 2 heteroatoms. The van der Waals surface area contributed by atoms with Crippen LogP contribution in [0.5, 0.6) is 0 Å². The molecule has 0 radical (unpaired) electrons. The highest BCUT2D eigenvalue weighted by Gasteiger charge is 2.60. The van der Waals surface area contributed by atoms with Gasteiger partial charge < -0.3 is 0 Å². The van der Waals surface area contributed by atoms with Crippen molar-refractivity contribution in [2.75, 3.05) is 5.33 Å². The first-order valence-corrected chi connectivity index (χ1v) is 5.76. The number of carbonyl (C=O) groups is 1. The van der Waals surface area contributed by atoms with Crippen LogP contribution < -0.4 is 0 Å². The van der Waals surface area contributed by atoms with Gasteiger partial charge in [-0.25, -0.2) is 0 Å². The van der Waals surface area contributed by atoms with Crippen LogP contribution in [0.25, 0.3) is 0 Å². The van der Waals surface area contributed by atoms with Crippen LogP contribution in [0.3, 0.4) is 0 Å². The van der Waals surface area contributed by atoms with Gasteiger partial charge >= 0.3 is 0 Å². The smallest absolute Gasteiger partial charge is 0.145 e. The number of rotatable bonds is 1. The van der Waals surface area contributed by atoms with Crippen LogP contribution >= 0.6 is 15.9 Å². The molecule has 2 saturated carbocycles. The molecule has 2 atom stereocenters. The second-order valence-electron chi connectivity index (χ2n) is 4.90. The second kappa shape index (κ2) is 2.34. The second-order valence-corrected chi connectivity index (χ2v) is 5.47. The summed E-state index contributed by atoms with van der Waals surface area (Å²) in [4.78, 5) is 12.0. The average Bonchev–Trinajstić information content (AvgIpc) is 2.53. The summed E-state index contributed by atoms with van der Waals surface area (Å²) < 4.78 is 0. The third kappa shape index (κ3) is 0.822. The molecule has 2 rings (SSSR count). The van der Waals surface area contributed by atoms with Crippen LogP contribution in [-0.4, -0.2) is 11.1 Å². The maximum Gasteiger partial charge on any atom is 0.145 e. The van der Waals surface area contributed by atoms with Crippen molar-refractivity contribution in [1.82, 2.24) is 0 Å². The molecule has 12 heavy (non-hydrogen) atoms. The SMILES string of the molecule is CC1(C)C(=O)[C@]2(CBr)CC[C@H]1C2. The van der Waals surface area contributed by atoms with Gasteiger partial charge in [0.05, 0.1) is 0 Å². The standard InChI is InChI=1S/C10H15BrO/c1-9(2)7-3-4-10(5-7,6-11)8(9)12/h7H,3-6H2,1-2H3/t7-,10+/m0/s1. The predicted molar refractivity (Wildman–Crippen MR) is 52.4 cm³/mol. The minimum absolute atomic E-state index is 0.0220. The van der Waals surface area contributed by atoms with E-state index in [2.05, 4.69) is 29.8 Å². The zero-order valence-corrected chi connectivity index (χ0v) is 9.28. The van der Waals surface area contributed by atoms with E-state index in [1.807, 2.05) is 0 Å². The van der Waals surface area contributed by atoms with Crippen LogP contribution in [-0.2, 0) is 4.79 Å². The lowest BCUT2D eigenvalue weighted by Crippen LogP contribution is -2.37. The molecule has 0 heterocycles. The van der Waals surface area contributed by atoms with E-state index in [1.165, 1.54) is 6.42 Å². The molecule has 2 fully saturated rings. The van der Waals surface area contributed by atoms with E-state index in [0.29, 0.717) is 11.7 Å². The summed E-state index contributed by atoms with van der Waals surface area (Å²) in [5.41, 5.74) is -0.0137. The fourth-order valence-electron chi connectivity index (χ4n) is 3.00. The first-order chi connectivity index (χ1) is 5.53. The van der Waals surface area contributed by atoms with Gasteiger partial charge in [0.25, 0.3) is 0 Å². The van der Waals surface area contributed by atoms with Gasteiger partial charge in [0.15, 0.2) is 0 Å². The first kappa shape index (κ1) is 8.74. The van der Waals surface area contributed by atoms with Crippen LogP contribution in [0, 0.1) is 16.7 Å². The summed E-state index contributed by atoms with van der Waals surface area (Å²) in [6, 6.07) is 0. The summed E-state index contributed by atoms with van der Waals surface area (Å²) in [5, 5.41) is 0.874. The van der Waals surface area contributed by atoms with Crippen molar-refractivity contribution in [2.24, 2.45) is 16.7 Å². The Hall–Kier alpha value is 0.150. The maximum absolute atomic E-state index is 12.0. The monoisotopic (exact) mass is 230 g/mol. The number of ketones is 1. The Labute approximate surface area is 82.0 Å². The van der Waals surface area contributed by atoms with Crippen molar-refractivity contribution in [3.63, 3.8) is 0 Å². The topological polar surface area (TPSA) is 17.1 Å². The number of hydrogen-bond donors (Lipinski definition) is 0. The highest BCUT2D eigenvalue weighted by molar-refractivity contribution is 9.09. The summed E-state index contributed by atoms with van der Waals surface area (Å²) in [7, 11) is 0. The minimum atomic E-state index is -0.0357. The van der Waals surface area contributed by atoms with Gasteiger partial charge in [-0.1, -0.05) is 29.8 Å². The number of Topliss-reactive ketones (excluding diaryl/α,β-unsaturated/α-hetero) is 1. The largest absolute Gasteiger partial charge is 0.298 e. The summed E-state index contributed by atoms with van der Waals surface area (Å²) in [6.45, 7) is 4.23. The molecule has 0 aliphatic heterocycles. The van der Waals surface area contributed by atoms with E-state index in [1.54, 1.807) is 0 Å². The van der Waals surface area contributed by atoms with E-state index < -0.39 is 0 Å². The van der Waals surface area contributed by atoms with Gasteiger partial charge in [0.2, 0.25) is 0 Å². The lowest BCUT2D eigenvalue weighted by Gasteiger charge is -2.32. The first-order valence-electron chi connectivity index (χ1n) is 4.64. The van der Waals surface area contributed by atoms with Gasteiger partial charge in [-0.15, -0.1) is 0 Å². The molecule has 0 unspecified atom stereocenters. The van der Waals surface area contributed by atoms with Crippen LogP contribution in [0.1, 0.15) is 33.1 Å². The molecule has 0 N–H and O–H groups in total. The quantitative estimate of drug-likeness (QED) is 0.634. The van der Waals surface area contributed by atoms with Crippen molar-refractivity contribution < 1.29 is 4.79 Å². The molecule has 68 valence electrons. The number of carbonyl (C=O) groups excluding carboxylic acids is 1. The van der Waals surface area contributed by atoms with E-state index in [-0.39, 0.29) is 10.8 Å². The molecule has 0 aromatic rings. The fraction of sp³-hybridized carbons (Fsp3) is 0.900. The minimum Gasteiger partial charge on any atom is -0.298 e. The van der Waals surface area contributed by atoms with Crippen molar-refractivity contribution in [2.45, 2.75) is 33.1 Å². The summed E-state index contributed by atoms with van der Waals surface area (Å²) in [5.74, 6) is 1.16. The Morgan fingerprint density at radius 2 is 2.25 bits per heavy atom. The highest BCUT2D eigenvalue weighted by atomic mass is 79.9. The molecule has 0 spiro atoms. The highest BCUT2D eigenvalue weighted by Crippen LogP contribution is 2.60. The Morgan fingerprint density at radius 3 is 2.58 bits per heavy atom. The van der Waals surface area contributed by atoms with Crippen molar-refractivity contribution in [1.29, 1.82) is 0 Å². The normalized spacial score (nSPS) is 43.9. The number of halogens is 1. The van der Waals surface area contributed by atoms with E-state index in [0.717, 1.165) is 18.2 Å². The molecular formula is C10H15BrO. The van der Waals surface area contributed by atoms with Crippen molar-refractivity contribution >= 4 is 21.7 Å². The van der Waals surface area contributed by atoms with Crippen LogP contribution in [0.2, 0.25) is 0 Å². The fourth-order valence-corrected chi connectivity index (χ4v) is 3.76. The molecular weight excluding hydrogens is 216 g/mol. The Morgan fingerprint density at radius 1 is 1.58 bits per heavy atom. The molecule has 0 aromatic carbocycles. The van der Waals surface area contributed by atoms with Crippen molar-refractivity contribution in [3.8, 4) is 0 Å². The average molecular weight is 231 g/mol. The van der Waals surface area contributed by atoms with Crippen LogP contribution in [0.15, 0.2) is 0 Å². The van der Waals surface area contributed by atoms with Crippen molar-refractivity contribution in [3.05, 3.63) is 0 Å². The maximum atomic E-state index is 12.0. The Balaban J connectivity index is 2.38. The van der Waals surface area contributed by atoms with Crippen LogP contribution in [0.4, 0.5) is 0 Å². The molecule has 1 nitrogen and oxygen atoms in total. The molecule has 2 aliphatic carbocycles. The zero-order chi connectivity index (χ0) is 8.98. The summed E-state index contributed by atoms with van der Waals surface area (Å²) in [6.07, 6.45) is 3.50.